The summed E-state index contributed by atoms with van der Waals surface area (Å²) >= 11 is 0. The van der Waals surface area contributed by atoms with Gasteiger partial charge < -0.3 is 10.6 Å². The van der Waals surface area contributed by atoms with Gasteiger partial charge in [0.15, 0.2) is 0 Å². The van der Waals surface area contributed by atoms with Gasteiger partial charge in [-0.15, -0.1) is 0 Å². The van der Waals surface area contributed by atoms with E-state index in [1.807, 2.05) is 31.2 Å². The number of urea groups is 1. The molecule has 2 N–H and O–H groups in total. The van der Waals surface area contributed by atoms with Crippen LogP contribution in [0.4, 0.5) is 21.9 Å². The predicted octanol–water partition coefficient (Wildman–Crippen LogP) is 3.18. The van der Waals surface area contributed by atoms with E-state index in [4.69, 9.17) is 0 Å². The van der Waals surface area contributed by atoms with Crippen molar-refractivity contribution in [3.8, 4) is 0 Å². The maximum absolute atomic E-state index is 12.0. The molecule has 1 aliphatic rings. The second kappa shape index (κ2) is 6.52. The fourth-order valence-corrected chi connectivity index (χ4v) is 4.14. The fraction of sp³-hybridized carbons (Fsp3) is 0.235. The van der Waals surface area contributed by atoms with Gasteiger partial charge >= 0.3 is 6.03 Å². The maximum Gasteiger partial charge on any atom is 0.323 e. The first kappa shape index (κ1) is 16.3. The normalized spacial score (nSPS) is 16.0. The largest absolute Gasteiger partial charge is 0.323 e. The Bertz CT molecular complexity index is 830. The number of hydrogen-bond acceptors (Lipinski definition) is 3. The molecule has 0 unspecified atom stereocenters. The standard InChI is InChI=1S/C17H19N3O3S/c1-13-3-5-14(6-4-13)18-17(21)19-15-7-9-16(10-8-15)20-11-2-12-24(20,22)23/h3-10H,2,11-12H2,1H3,(H2,18,19,21). The van der Waals surface area contributed by atoms with E-state index in [1.54, 1.807) is 24.3 Å². The van der Waals surface area contributed by atoms with Crippen LogP contribution in [0.25, 0.3) is 0 Å². The number of hydrogen-bond donors (Lipinski definition) is 2. The lowest BCUT2D eigenvalue weighted by atomic mass is 10.2. The number of nitrogens with zero attached hydrogens (tertiary/aromatic N) is 1. The molecule has 0 radical (unpaired) electrons. The van der Waals surface area contributed by atoms with Crippen LogP contribution >= 0.6 is 0 Å². The third-order valence-electron chi connectivity index (χ3n) is 3.82. The Balaban J connectivity index is 1.63. The molecule has 0 spiro atoms. The van der Waals surface area contributed by atoms with Gasteiger partial charge in [0.2, 0.25) is 10.0 Å². The van der Waals surface area contributed by atoms with Gasteiger partial charge in [-0.05, 0) is 49.7 Å². The van der Waals surface area contributed by atoms with Crippen molar-refractivity contribution in [1.82, 2.24) is 0 Å². The quantitative estimate of drug-likeness (QED) is 0.897. The lowest BCUT2D eigenvalue weighted by Crippen LogP contribution is -2.25. The smallest absolute Gasteiger partial charge is 0.308 e. The van der Waals surface area contributed by atoms with E-state index in [1.165, 1.54) is 4.31 Å². The summed E-state index contributed by atoms with van der Waals surface area (Å²) in [5.41, 5.74) is 3.04. The zero-order chi connectivity index (χ0) is 17.2. The first-order valence-corrected chi connectivity index (χ1v) is 9.30. The molecule has 1 aliphatic heterocycles. The van der Waals surface area contributed by atoms with Crippen LogP contribution in [-0.4, -0.2) is 26.7 Å². The van der Waals surface area contributed by atoms with Gasteiger partial charge in [-0.1, -0.05) is 17.7 Å². The van der Waals surface area contributed by atoms with Crippen molar-refractivity contribution in [1.29, 1.82) is 0 Å². The number of aryl methyl sites for hydroxylation is 1. The number of rotatable bonds is 3. The second-order valence-corrected chi connectivity index (χ2v) is 7.75. The molecule has 3 rings (SSSR count). The van der Waals surface area contributed by atoms with Crippen molar-refractivity contribution >= 4 is 33.1 Å². The highest BCUT2D eigenvalue weighted by molar-refractivity contribution is 7.93. The second-order valence-electron chi connectivity index (χ2n) is 5.73. The Morgan fingerprint density at radius 1 is 0.958 bits per heavy atom. The maximum atomic E-state index is 12.0. The third-order valence-corrected chi connectivity index (χ3v) is 5.69. The summed E-state index contributed by atoms with van der Waals surface area (Å²) in [4.78, 5) is 12.0. The Morgan fingerprint density at radius 3 is 2.00 bits per heavy atom. The molecule has 0 bridgehead atoms. The Kier molecular flexibility index (Phi) is 4.44. The number of amides is 2. The zero-order valence-corrected chi connectivity index (χ0v) is 14.1. The lowest BCUT2D eigenvalue weighted by molar-refractivity contribution is 0.262. The summed E-state index contributed by atoms with van der Waals surface area (Å²) in [5.74, 6) is 0.186. The molecular weight excluding hydrogens is 326 g/mol. The van der Waals surface area contributed by atoms with Crippen molar-refractivity contribution in [2.75, 3.05) is 27.2 Å². The molecule has 2 aromatic rings. The minimum atomic E-state index is -3.19. The molecule has 0 atom stereocenters. The Labute approximate surface area is 141 Å². The van der Waals surface area contributed by atoms with E-state index in [9.17, 15) is 13.2 Å². The van der Waals surface area contributed by atoms with Crippen molar-refractivity contribution < 1.29 is 13.2 Å². The molecule has 2 amide bonds. The number of nitrogens with one attached hydrogen (secondary N) is 2. The fourth-order valence-electron chi connectivity index (χ4n) is 2.57. The highest BCUT2D eigenvalue weighted by Crippen LogP contribution is 2.25. The van der Waals surface area contributed by atoms with Crippen molar-refractivity contribution in [3.05, 3.63) is 54.1 Å². The van der Waals surface area contributed by atoms with Gasteiger partial charge in [0, 0.05) is 17.9 Å². The van der Waals surface area contributed by atoms with Gasteiger partial charge in [-0.25, -0.2) is 13.2 Å². The van der Waals surface area contributed by atoms with E-state index >= 15 is 0 Å². The highest BCUT2D eigenvalue weighted by Gasteiger charge is 2.28. The first-order valence-electron chi connectivity index (χ1n) is 7.69. The van der Waals surface area contributed by atoms with Crippen LogP contribution in [0.2, 0.25) is 0 Å². The van der Waals surface area contributed by atoms with Gasteiger partial charge in [0.25, 0.3) is 0 Å². The van der Waals surface area contributed by atoms with Gasteiger partial charge in [0.1, 0.15) is 0 Å². The van der Waals surface area contributed by atoms with Crippen LogP contribution in [0.15, 0.2) is 48.5 Å². The van der Waals surface area contributed by atoms with Crippen LogP contribution in [-0.2, 0) is 10.0 Å². The van der Waals surface area contributed by atoms with Crippen LogP contribution in [0.3, 0.4) is 0 Å². The summed E-state index contributed by atoms with van der Waals surface area (Å²) in [6, 6.07) is 13.9. The number of sulfonamides is 1. The van der Waals surface area contributed by atoms with Gasteiger partial charge in [0.05, 0.1) is 11.4 Å². The number of carbonyl (C=O) groups is 1. The molecule has 7 heteroatoms. The topological polar surface area (TPSA) is 78.5 Å². The molecule has 2 aromatic carbocycles. The first-order chi connectivity index (χ1) is 11.4. The minimum absolute atomic E-state index is 0.186. The summed E-state index contributed by atoms with van der Waals surface area (Å²) in [6.45, 7) is 2.48. The number of anilines is 3. The summed E-state index contributed by atoms with van der Waals surface area (Å²) in [7, 11) is -3.19. The lowest BCUT2D eigenvalue weighted by Gasteiger charge is -2.17. The zero-order valence-electron chi connectivity index (χ0n) is 13.3. The van der Waals surface area contributed by atoms with Crippen LogP contribution in [0, 0.1) is 6.92 Å². The Morgan fingerprint density at radius 2 is 1.50 bits per heavy atom. The number of carbonyl (C=O) groups excluding carboxylic acids is 1. The Hall–Kier alpha value is -2.54. The molecule has 24 heavy (non-hydrogen) atoms. The third kappa shape index (κ3) is 3.68. The number of benzene rings is 2. The van der Waals surface area contributed by atoms with Crippen LogP contribution in [0.5, 0.6) is 0 Å². The van der Waals surface area contributed by atoms with E-state index in [2.05, 4.69) is 10.6 Å². The van der Waals surface area contributed by atoms with Crippen LogP contribution < -0.4 is 14.9 Å². The molecule has 126 valence electrons. The average Bonchev–Trinajstić information content (AvgIpc) is 2.90. The monoisotopic (exact) mass is 345 g/mol. The van der Waals surface area contributed by atoms with Crippen molar-refractivity contribution in [2.45, 2.75) is 13.3 Å². The van der Waals surface area contributed by atoms with E-state index in [0.717, 1.165) is 5.56 Å². The molecule has 0 aromatic heterocycles. The molecule has 1 saturated heterocycles. The summed E-state index contributed by atoms with van der Waals surface area (Å²) in [5, 5.41) is 5.47. The van der Waals surface area contributed by atoms with Crippen molar-refractivity contribution in [2.24, 2.45) is 0 Å². The van der Waals surface area contributed by atoms with E-state index in [-0.39, 0.29) is 11.8 Å². The van der Waals surface area contributed by atoms with Gasteiger partial charge in [-0.2, -0.15) is 0 Å². The predicted molar refractivity (Wildman–Crippen MR) is 96.0 cm³/mol. The molecule has 6 nitrogen and oxygen atoms in total. The van der Waals surface area contributed by atoms with E-state index < -0.39 is 10.0 Å². The average molecular weight is 345 g/mol. The molecule has 1 heterocycles. The molecular formula is C17H19N3O3S. The SMILES string of the molecule is Cc1ccc(NC(=O)Nc2ccc(N3CCCS3(=O)=O)cc2)cc1. The minimum Gasteiger partial charge on any atom is -0.308 e. The van der Waals surface area contributed by atoms with Gasteiger partial charge in [-0.3, -0.25) is 4.31 Å². The molecule has 1 fully saturated rings. The van der Waals surface area contributed by atoms with Crippen molar-refractivity contribution in [3.63, 3.8) is 0 Å². The summed E-state index contributed by atoms with van der Waals surface area (Å²) < 4.78 is 25.2. The highest BCUT2D eigenvalue weighted by atomic mass is 32.2. The molecule has 0 aliphatic carbocycles. The molecule has 0 saturated carbocycles. The van der Waals surface area contributed by atoms with E-state index in [0.29, 0.717) is 30.0 Å². The van der Waals surface area contributed by atoms with Crippen LogP contribution in [0.1, 0.15) is 12.0 Å². The summed E-state index contributed by atoms with van der Waals surface area (Å²) in [6.07, 6.45) is 0.640.